The van der Waals surface area contributed by atoms with Gasteiger partial charge in [-0.15, -0.1) is 0 Å². The first-order chi connectivity index (χ1) is 8.07. The first kappa shape index (κ1) is 12.1. The minimum absolute atomic E-state index is 0.0983. The van der Waals surface area contributed by atoms with Crippen LogP contribution in [0.15, 0.2) is 30.3 Å². The molecule has 0 saturated carbocycles. The van der Waals surface area contributed by atoms with Gasteiger partial charge in [0.25, 0.3) is 0 Å². The molecule has 2 atom stereocenters. The Labute approximate surface area is 103 Å². The molecule has 0 spiro atoms. The number of likely N-dealkylation sites (tertiary alicyclic amines) is 1. The summed E-state index contributed by atoms with van der Waals surface area (Å²) in [5.74, 6) is -0.164. The number of carbonyl (C=O) groups is 1. The van der Waals surface area contributed by atoms with Crippen LogP contribution in [0, 0.1) is 0 Å². The van der Waals surface area contributed by atoms with E-state index in [4.69, 9.17) is 4.74 Å². The number of ether oxygens (including phenoxy) is 1. The quantitative estimate of drug-likeness (QED) is 0.590. The molecule has 1 saturated heterocycles. The summed E-state index contributed by atoms with van der Waals surface area (Å²) in [4.78, 5) is 10.9. The summed E-state index contributed by atoms with van der Waals surface area (Å²) < 4.78 is 6.25. The molecule has 1 aliphatic heterocycles. The summed E-state index contributed by atoms with van der Waals surface area (Å²) in [6.45, 7) is 4.50. The lowest BCUT2D eigenvalue weighted by Gasteiger charge is -2.29. The monoisotopic (exact) mass is 234 g/mol. The van der Waals surface area contributed by atoms with Crippen LogP contribution in [0.1, 0.15) is 18.9 Å². The van der Waals surface area contributed by atoms with Crippen LogP contribution in [0.3, 0.4) is 0 Å². The molecule has 1 aromatic rings. The molecule has 1 fully saturated rings. The predicted molar refractivity (Wildman–Crippen MR) is 66.2 cm³/mol. The molecule has 92 valence electrons. The topological polar surface area (TPSA) is 26.3 Å². The minimum Gasteiger partial charge on any atom is -0.456 e. The lowest BCUT2D eigenvalue weighted by Crippen LogP contribution is -2.41. The second-order valence-corrected chi connectivity index (χ2v) is 5.19. The molecule has 3 nitrogen and oxygen atoms in total. The van der Waals surface area contributed by atoms with E-state index in [-0.39, 0.29) is 12.1 Å². The van der Waals surface area contributed by atoms with E-state index in [0.29, 0.717) is 0 Å². The lowest BCUT2D eigenvalue weighted by atomic mass is 10.2. The van der Waals surface area contributed by atoms with Crippen molar-refractivity contribution in [2.45, 2.75) is 26.0 Å². The number of rotatable bonds is 3. The largest absolute Gasteiger partial charge is 0.456 e. The maximum atomic E-state index is 10.9. The molecular formula is C14H20NO2+. The maximum absolute atomic E-state index is 10.9. The van der Waals surface area contributed by atoms with Crippen molar-refractivity contribution >= 4 is 5.97 Å². The Balaban J connectivity index is 1.95. The second-order valence-electron chi connectivity index (χ2n) is 5.19. The van der Waals surface area contributed by atoms with E-state index < -0.39 is 0 Å². The van der Waals surface area contributed by atoms with Crippen LogP contribution in [0.2, 0.25) is 0 Å². The fourth-order valence-corrected chi connectivity index (χ4v) is 2.63. The van der Waals surface area contributed by atoms with Crippen LogP contribution in [0.5, 0.6) is 0 Å². The van der Waals surface area contributed by atoms with E-state index in [0.717, 1.165) is 30.5 Å². The van der Waals surface area contributed by atoms with E-state index in [9.17, 15) is 4.79 Å². The van der Waals surface area contributed by atoms with Crippen LogP contribution >= 0.6 is 0 Å². The number of hydrogen-bond donors (Lipinski definition) is 0. The van der Waals surface area contributed by atoms with Crippen LogP contribution in [0.25, 0.3) is 0 Å². The summed E-state index contributed by atoms with van der Waals surface area (Å²) in [5.41, 5.74) is 1.35. The number of hydrogen-bond acceptors (Lipinski definition) is 2. The highest BCUT2D eigenvalue weighted by Gasteiger charge is 2.36. The predicted octanol–water partition coefficient (Wildman–Crippen LogP) is 1.97. The van der Waals surface area contributed by atoms with Gasteiger partial charge < -0.3 is 9.22 Å². The average molecular weight is 234 g/mol. The van der Waals surface area contributed by atoms with Crippen molar-refractivity contribution in [2.75, 3.05) is 20.1 Å². The van der Waals surface area contributed by atoms with E-state index in [1.54, 1.807) is 0 Å². The summed E-state index contributed by atoms with van der Waals surface area (Å²) >= 11 is 0. The second kappa shape index (κ2) is 4.88. The van der Waals surface area contributed by atoms with Gasteiger partial charge in [0.2, 0.25) is 0 Å². The fourth-order valence-electron chi connectivity index (χ4n) is 2.63. The summed E-state index contributed by atoms with van der Waals surface area (Å²) in [6.07, 6.45) is 1.07. The van der Waals surface area contributed by atoms with Gasteiger partial charge in [-0.1, -0.05) is 30.3 Å². The van der Waals surface area contributed by atoms with Gasteiger partial charge in [0.1, 0.15) is 13.1 Å². The maximum Gasteiger partial charge on any atom is 0.303 e. The molecular weight excluding hydrogens is 214 g/mol. The van der Waals surface area contributed by atoms with Crippen molar-refractivity contribution in [2.24, 2.45) is 0 Å². The van der Waals surface area contributed by atoms with Crippen LogP contribution in [-0.4, -0.2) is 36.7 Å². The molecule has 0 unspecified atom stereocenters. The average Bonchev–Trinajstić information content (AvgIpc) is 2.60. The normalized spacial score (nSPS) is 28.0. The van der Waals surface area contributed by atoms with Gasteiger partial charge in [-0.3, -0.25) is 4.79 Å². The zero-order valence-corrected chi connectivity index (χ0v) is 10.6. The molecule has 3 heteroatoms. The highest BCUT2D eigenvalue weighted by atomic mass is 16.5. The number of esters is 1. The zero-order chi connectivity index (χ0) is 12.3. The standard InChI is InChI=1S/C14H20NO2/c1-12(16)17-14-8-9-15(2,11-14)10-13-6-4-3-5-7-13/h3-7,14H,8-11H2,1-2H3/q+1/t14-,15+/m0/s1. The highest BCUT2D eigenvalue weighted by Crippen LogP contribution is 2.23. The van der Waals surface area contributed by atoms with Crippen molar-refractivity contribution < 1.29 is 14.0 Å². The molecule has 1 aromatic carbocycles. The van der Waals surface area contributed by atoms with E-state index in [1.165, 1.54) is 12.5 Å². The lowest BCUT2D eigenvalue weighted by molar-refractivity contribution is -0.912. The number of carbonyl (C=O) groups excluding carboxylic acids is 1. The number of quaternary nitrogens is 1. The fraction of sp³-hybridized carbons (Fsp3) is 0.500. The van der Waals surface area contributed by atoms with Crippen LogP contribution in [-0.2, 0) is 16.1 Å². The third-order valence-electron chi connectivity index (χ3n) is 3.38. The van der Waals surface area contributed by atoms with Gasteiger partial charge >= 0.3 is 5.97 Å². The SMILES string of the molecule is CC(=O)O[C@H]1CC[N@+](C)(Cc2ccccc2)C1. The Morgan fingerprint density at radius 1 is 1.41 bits per heavy atom. The summed E-state index contributed by atoms with van der Waals surface area (Å²) in [7, 11) is 2.23. The van der Waals surface area contributed by atoms with Crippen LogP contribution < -0.4 is 0 Å². The smallest absolute Gasteiger partial charge is 0.303 e. The van der Waals surface area contributed by atoms with Gasteiger partial charge in [0, 0.05) is 18.9 Å². The van der Waals surface area contributed by atoms with Crippen molar-refractivity contribution in [1.29, 1.82) is 0 Å². The van der Waals surface area contributed by atoms with Gasteiger partial charge in [0.05, 0.1) is 13.6 Å². The molecule has 1 aliphatic rings. The third kappa shape index (κ3) is 3.30. The Kier molecular flexibility index (Phi) is 3.48. The zero-order valence-electron chi connectivity index (χ0n) is 10.6. The Bertz CT molecular complexity index is 390. The molecule has 0 aromatic heterocycles. The number of benzene rings is 1. The molecule has 0 amide bonds. The molecule has 0 N–H and O–H groups in total. The van der Waals surface area contributed by atoms with Crippen molar-refractivity contribution in [1.82, 2.24) is 0 Å². The third-order valence-corrected chi connectivity index (χ3v) is 3.38. The number of likely N-dealkylation sites (N-methyl/N-ethyl adjacent to an activating group) is 1. The Hall–Kier alpha value is -1.35. The Morgan fingerprint density at radius 3 is 2.76 bits per heavy atom. The molecule has 0 bridgehead atoms. The number of nitrogens with zero attached hydrogens (tertiary/aromatic N) is 1. The molecule has 1 heterocycles. The van der Waals surface area contributed by atoms with Crippen molar-refractivity contribution in [3.8, 4) is 0 Å². The van der Waals surface area contributed by atoms with Gasteiger partial charge in [0.15, 0.2) is 6.10 Å². The molecule has 0 aliphatic carbocycles. The van der Waals surface area contributed by atoms with E-state index >= 15 is 0 Å². The first-order valence-corrected chi connectivity index (χ1v) is 6.12. The summed E-state index contributed by atoms with van der Waals surface area (Å²) in [5, 5.41) is 0. The molecule has 2 rings (SSSR count). The van der Waals surface area contributed by atoms with Crippen molar-refractivity contribution in [3.05, 3.63) is 35.9 Å². The minimum atomic E-state index is -0.164. The highest BCUT2D eigenvalue weighted by molar-refractivity contribution is 5.66. The van der Waals surface area contributed by atoms with Crippen LogP contribution in [0.4, 0.5) is 0 Å². The van der Waals surface area contributed by atoms with E-state index in [2.05, 4.69) is 31.3 Å². The van der Waals surface area contributed by atoms with E-state index in [1.807, 2.05) is 6.07 Å². The van der Waals surface area contributed by atoms with Gasteiger partial charge in [-0.05, 0) is 0 Å². The van der Waals surface area contributed by atoms with Crippen molar-refractivity contribution in [3.63, 3.8) is 0 Å². The summed E-state index contributed by atoms with van der Waals surface area (Å²) in [6, 6.07) is 10.5. The molecule has 17 heavy (non-hydrogen) atoms. The molecule has 0 radical (unpaired) electrons. The van der Waals surface area contributed by atoms with Gasteiger partial charge in [-0.2, -0.15) is 0 Å². The van der Waals surface area contributed by atoms with Gasteiger partial charge in [-0.25, -0.2) is 0 Å². The Morgan fingerprint density at radius 2 is 2.12 bits per heavy atom. The first-order valence-electron chi connectivity index (χ1n) is 6.12.